The molecule has 116 valence electrons. The second-order valence-corrected chi connectivity index (χ2v) is 5.23. The first kappa shape index (κ1) is 17.1. The molecule has 0 aliphatic heterocycles. The Balaban J connectivity index is 2.71. The summed E-state index contributed by atoms with van der Waals surface area (Å²) in [6.45, 7) is 3.81. The fraction of sp³-hybridized carbons (Fsp3) is 0.467. The standard InChI is InChI=1S/C15H19F2NO3/c1-9(2)4-13(15(20)21-3)18-14(19)7-10-5-11(16)8-12(17)6-10/h5-6,8-9,13H,4,7H2,1-3H3,(H,18,19)/t13-/m1/s1. The molecule has 1 aromatic rings. The van der Waals surface area contributed by atoms with Gasteiger partial charge in [0.2, 0.25) is 5.91 Å². The summed E-state index contributed by atoms with van der Waals surface area (Å²) < 4.78 is 30.7. The number of esters is 1. The fourth-order valence-corrected chi connectivity index (χ4v) is 1.97. The molecule has 21 heavy (non-hydrogen) atoms. The van der Waals surface area contributed by atoms with Gasteiger partial charge < -0.3 is 10.1 Å². The number of amides is 1. The summed E-state index contributed by atoms with van der Waals surface area (Å²) in [5.41, 5.74) is 0.207. The number of hydrogen-bond acceptors (Lipinski definition) is 3. The summed E-state index contributed by atoms with van der Waals surface area (Å²) >= 11 is 0. The van der Waals surface area contributed by atoms with E-state index < -0.39 is 29.6 Å². The van der Waals surface area contributed by atoms with Crippen molar-refractivity contribution in [2.75, 3.05) is 7.11 Å². The molecule has 0 aromatic heterocycles. The topological polar surface area (TPSA) is 55.4 Å². The molecule has 0 spiro atoms. The fourth-order valence-electron chi connectivity index (χ4n) is 1.97. The minimum atomic E-state index is -0.763. The number of rotatable bonds is 6. The molecule has 0 aliphatic rings. The third-order valence-electron chi connectivity index (χ3n) is 2.82. The predicted octanol–water partition coefficient (Wildman–Crippen LogP) is 2.21. The average molecular weight is 299 g/mol. The molecule has 1 amide bonds. The largest absolute Gasteiger partial charge is 0.467 e. The van der Waals surface area contributed by atoms with Gasteiger partial charge in [-0.05, 0) is 30.0 Å². The summed E-state index contributed by atoms with van der Waals surface area (Å²) in [7, 11) is 1.24. The molecule has 6 heteroatoms. The molecule has 1 atom stereocenters. The Morgan fingerprint density at radius 2 is 1.76 bits per heavy atom. The van der Waals surface area contributed by atoms with Crippen molar-refractivity contribution in [3.63, 3.8) is 0 Å². The van der Waals surface area contributed by atoms with Crippen molar-refractivity contribution in [1.29, 1.82) is 0 Å². The smallest absolute Gasteiger partial charge is 0.328 e. The van der Waals surface area contributed by atoms with Crippen LogP contribution in [0.3, 0.4) is 0 Å². The molecule has 0 bridgehead atoms. The van der Waals surface area contributed by atoms with Crippen LogP contribution in [0, 0.1) is 17.6 Å². The number of ether oxygens (including phenoxy) is 1. The van der Waals surface area contributed by atoms with Crippen LogP contribution in [0.4, 0.5) is 8.78 Å². The first-order valence-electron chi connectivity index (χ1n) is 6.64. The first-order valence-corrected chi connectivity index (χ1v) is 6.64. The van der Waals surface area contributed by atoms with E-state index in [1.54, 1.807) is 0 Å². The molecule has 4 nitrogen and oxygen atoms in total. The number of halogens is 2. The number of methoxy groups -OCH3 is 1. The molecule has 1 aromatic carbocycles. The van der Waals surface area contributed by atoms with Crippen LogP contribution in [0.5, 0.6) is 0 Å². The highest BCUT2D eigenvalue weighted by atomic mass is 19.1. The zero-order chi connectivity index (χ0) is 16.0. The Morgan fingerprint density at radius 1 is 1.19 bits per heavy atom. The monoisotopic (exact) mass is 299 g/mol. The molecular weight excluding hydrogens is 280 g/mol. The van der Waals surface area contributed by atoms with Gasteiger partial charge in [0.05, 0.1) is 13.5 Å². The molecular formula is C15H19F2NO3. The van der Waals surface area contributed by atoms with Crippen LogP contribution in [0.15, 0.2) is 18.2 Å². The molecule has 1 rings (SSSR count). The number of carbonyl (C=O) groups excluding carboxylic acids is 2. The summed E-state index contributed by atoms with van der Waals surface area (Å²) in [5, 5.41) is 2.53. The van der Waals surface area contributed by atoms with Crippen molar-refractivity contribution in [3.8, 4) is 0 Å². The van der Waals surface area contributed by atoms with Crippen LogP contribution in [-0.4, -0.2) is 25.0 Å². The minimum absolute atomic E-state index is 0.181. The van der Waals surface area contributed by atoms with E-state index in [-0.39, 0.29) is 17.9 Å². The van der Waals surface area contributed by atoms with Crippen molar-refractivity contribution in [1.82, 2.24) is 5.32 Å². The van der Waals surface area contributed by atoms with Gasteiger partial charge in [0.1, 0.15) is 17.7 Å². The Kier molecular flexibility index (Phi) is 6.27. The molecule has 0 unspecified atom stereocenters. The van der Waals surface area contributed by atoms with Gasteiger partial charge in [-0.25, -0.2) is 13.6 Å². The SMILES string of the molecule is COC(=O)[C@@H](CC(C)C)NC(=O)Cc1cc(F)cc(F)c1. The van der Waals surface area contributed by atoms with E-state index in [1.165, 1.54) is 7.11 Å². The predicted molar refractivity (Wildman–Crippen MR) is 73.5 cm³/mol. The Hall–Kier alpha value is -1.98. The van der Waals surface area contributed by atoms with Gasteiger partial charge in [0.25, 0.3) is 0 Å². The maximum atomic E-state index is 13.0. The Morgan fingerprint density at radius 3 is 2.24 bits per heavy atom. The molecule has 0 fully saturated rings. The summed E-state index contributed by atoms with van der Waals surface area (Å²) in [4.78, 5) is 23.5. The van der Waals surface area contributed by atoms with Gasteiger partial charge in [-0.15, -0.1) is 0 Å². The Labute approximate surface area is 122 Å². The molecule has 0 saturated carbocycles. The van der Waals surface area contributed by atoms with Gasteiger partial charge in [0, 0.05) is 6.07 Å². The van der Waals surface area contributed by atoms with Crippen LogP contribution in [0.25, 0.3) is 0 Å². The quantitative estimate of drug-likeness (QED) is 0.819. The summed E-state index contributed by atoms with van der Waals surface area (Å²) in [6.07, 6.45) is 0.218. The lowest BCUT2D eigenvalue weighted by Gasteiger charge is -2.18. The highest BCUT2D eigenvalue weighted by Gasteiger charge is 2.22. The lowest BCUT2D eigenvalue weighted by atomic mass is 10.0. The third kappa shape index (κ3) is 5.89. The van der Waals surface area contributed by atoms with Gasteiger partial charge in [0.15, 0.2) is 0 Å². The van der Waals surface area contributed by atoms with E-state index >= 15 is 0 Å². The van der Waals surface area contributed by atoms with Crippen molar-refractivity contribution >= 4 is 11.9 Å². The summed E-state index contributed by atoms with van der Waals surface area (Å²) in [6, 6.07) is 2.13. The van der Waals surface area contributed by atoms with Gasteiger partial charge >= 0.3 is 5.97 Å². The molecule has 0 heterocycles. The zero-order valence-electron chi connectivity index (χ0n) is 12.3. The number of benzene rings is 1. The second kappa shape index (κ2) is 7.71. The van der Waals surface area contributed by atoms with Crippen molar-refractivity contribution in [2.24, 2.45) is 5.92 Å². The molecule has 0 saturated heterocycles. The van der Waals surface area contributed by atoms with Gasteiger partial charge in [-0.3, -0.25) is 4.79 Å². The van der Waals surface area contributed by atoms with Crippen LogP contribution in [0.1, 0.15) is 25.8 Å². The lowest BCUT2D eigenvalue weighted by Crippen LogP contribution is -2.43. The lowest BCUT2D eigenvalue weighted by molar-refractivity contribution is -0.145. The molecule has 0 radical (unpaired) electrons. The molecule has 0 aliphatic carbocycles. The second-order valence-electron chi connectivity index (χ2n) is 5.23. The van der Waals surface area contributed by atoms with Crippen molar-refractivity contribution in [2.45, 2.75) is 32.7 Å². The highest BCUT2D eigenvalue weighted by molar-refractivity contribution is 5.85. The maximum Gasteiger partial charge on any atom is 0.328 e. The van der Waals surface area contributed by atoms with Crippen LogP contribution >= 0.6 is 0 Å². The van der Waals surface area contributed by atoms with E-state index in [4.69, 9.17) is 0 Å². The van der Waals surface area contributed by atoms with E-state index in [0.717, 1.165) is 18.2 Å². The first-order chi connectivity index (χ1) is 9.81. The number of carbonyl (C=O) groups is 2. The van der Waals surface area contributed by atoms with Crippen molar-refractivity contribution < 1.29 is 23.1 Å². The maximum absolute atomic E-state index is 13.0. The normalized spacial score (nSPS) is 12.1. The highest BCUT2D eigenvalue weighted by Crippen LogP contribution is 2.10. The minimum Gasteiger partial charge on any atom is -0.467 e. The number of nitrogens with one attached hydrogen (secondary N) is 1. The van der Waals surface area contributed by atoms with E-state index in [2.05, 4.69) is 10.1 Å². The van der Waals surface area contributed by atoms with Gasteiger partial charge in [-0.2, -0.15) is 0 Å². The molecule has 1 N–H and O–H groups in total. The van der Waals surface area contributed by atoms with Gasteiger partial charge in [-0.1, -0.05) is 13.8 Å². The number of hydrogen-bond donors (Lipinski definition) is 1. The van der Waals surface area contributed by atoms with E-state index in [0.29, 0.717) is 6.42 Å². The van der Waals surface area contributed by atoms with Crippen LogP contribution in [-0.2, 0) is 20.7 Å². The van der Waals surface area contributed by atoms with E-state index in [1.807, 2.05) is 13.8 Å². The van der Waals surface area contributed by atoms with Crippen LogP contribution in [0.2, 0.25) is 0 Å². The zero-order valence-corrected chi connectivity index (χ0v) is 12.3. The summed E-state index contributed by atoms with van der Waals surface area (Å²) in [5.74, 6) is -2.34. The Bertz CT molecular complexity index is 497. The van der Waals surface area contributed by atoms with Crippen LogP contribution < -0.4 is 5.32 Å². The average Bonchev–Trinajstić information content (AvgIpc) is 2.34. The van der Waals surface area contributed by atoms with Crippen molar-refractivity contribution in [3.05, 3.63) is 35.4 Å². The van der Waals surface area contributed by atoms with E-state index in [9.17, 15) is 18.4 Å². The third-order valence-corrected chi connectivity index (χ3v) is 2.82.